The van der Waals surface area contributed by atoms with E-state index in [0.717, 1.165) is 22.0 Å². The van der Waals surface area contributed by atoms with E-state index in [1.54, 1.807) is 30.5 Å². The smallest absolute Gasteiger partial charge is 0.335 e. The molecule has 0 unspecified atom stereocenters. The molecule has 0 saturated heterocycles. The van der Waals surface area contributed by atoms with Gasteiger partial charge in [-0.25, -0.2) is 19.7 Å². The predicted molar refractivity (Wildman–Crippen MR) is 80.3 cm³/mol. The fourth-order valence-electron chi connectivity index (χ4n) is 1.88. The number of aromatic carboxylic acids is 1. The lowest BCUT2D eigenvalue weighted by molar-refractivity contribution is 0.0697. The number of hydrogen-bond donors (Lipinski definition) is 1. The first-order valence-corrected chi connectivity index (χ1v) is 7.11. The zero-order valence-electron chi connectivity index (χ0n) is 11.1. The molecule has 0 bridgehead atoms. The highest BCUT2D eigenvalue weighted by atomic mass is 32.1. The van der Waals surface area contributed by atoms with Crippen LogP contribution in [0.15, 0.2) is 41.9 Å². The molecule has 0 aliphatic rings. The molecule has 1 N–H and O–H groups in total. The molecular weight excluding hydrogens is 286 g/mol. The van der Waals surface area contributed by atoms with Gasteiger partial charge >= 0.3 is 5.97 Å². The Balaban J connectivity index is 1.93. The monoisotopic (exact) mass is 297 g/mol. The molecule has 0 spiro atoms. The number of carbonyl (C=O) groups is 1. The lowest BCUT2D eigenvalue weighted by Gasteiger charge is -1.98. The second-order valence-corrected chi connectivity index (χ2v) is 5.27. The summed E-state index contributed by atoms with van der Waals surface area (Å²) in [6, 6.07) is 8.49. The molecule has 3 aromatic rings. The highest BCUT2D eigenvalue weighted by Gasteiger charge is 2.09. The van der Waals surface area contributed by atoms with Gasteiger partial charge in [-0.05, 0) is 25.1 Å². The predicted octanol–water partition coefficient (Wildman–Crippen LogP) is 3.27. The van der Waals surface area contributed by atoms with Gasteiger partial charge in [-0.1, -0.05) is 12.1 Å². The molecule has 5 nitrogen and oxygen atoms in total. The Kier molecular flexibility index (Phi) is 3.45. The Morgan fingerprint density at radius 1 is 1.10 bits per heavy atom. The maximum atomic E-state index is 10.8. The summed E-state index contributed by atoms with van der Waals surface area (Å²) in [7, 11) is 0. The van der Waals surface area contributed by atoms with Crippen LogP contribution >= 0.6 is 11.3 Å². The highest BCUT2D eigenvalue weighted by molar-refractivity contribution is 7.13. The molecule has 21 heavy (non-hydrogen) atoms. The van der Waals surface area contributed by atoms with E-state index in [0.29, 0.717) is 5.82 Å². The molecule has 0 atom stereocenters. The van der Waals surface area contributed by atoms with E-state index in [9.17, 15) is 4.79 Å². The molecule has 6 heteroatoms. The Morgan fingerprint density at radius 3 is 2.52 bits per heavy atom. The van der Waals surface area contributed by atoms with Crippen LogP contribution in [0, 0.1) is 6.92 Å². The van der Waals surface area contributed by atoms with E-state index in [1.165, 1.54) is 11.3 Å². The molecule has 0 fully saturated rings. The minimum atomic E-state index is -0.933. The van der Waals surface area contributed by atoms with Crippen molar-refractivity contribution in [1.82, 2.24) is 15.0 Å². The van der Waals surface area contributed by atoms with Gasteiger partial charge in [0.1, 0.15) is 16.5 Å². The van der Waals surface area contributed by atoms with Crippen LogP contribution in [-0.4, -0.2) is 26.0 Å². The third-order valence-electron chi connectivity index (χ3n) is 2.93. The number of benzene rings is 1. The van der Waals surface area contributed by atoms with Gasteiger partial charge in [0, 0.05) is 17.1 Å². The Hall–Kier alpha value is -2.60. The largest absolute Gasteiger partial charge is 0.478 e. The Labute approximate surface area is 125 Å². The first-order chi connectivity index (χ1) is 10.1. The molecule has 0 radical (unpaired) electrons. The lowest BCUT2D eigenvalue weighted by atomic mass is 10.1. The topological polar surface area (TPSA) is 76.0 Å². The minimum absolute atomic E-state index is 0.264. The summed E-state index contributed by atoms with van der Waals surface area (Å²) in [4.78, 5) is 23.8. The second kappa shape index (κ2) is 5.41. The van der Waals surface area contributed by atoms with E-state index < -0.39 is 5.97 Å². The maximum absolute atomic E-state index is 10.8. The first-order valence-electron chi connectivity index (χ1n) is 6.23. The van der Waals surface area contributed by atoms with Gasteiger partial charge in [-0.2, -0.15) is 0 Å². The summed E-state index contributed by atoms with van der Waals surface area (Å²) < 4.78 is 0. The van der Waals surface area contributed by atoms with Crippen LogP contribution in [0.5, 0.6) is 0 Å². The van der Waals surface area contributed by atoms with Gasteiger partial charge in [-0.15, -0.1) is 11.3 Å². The van der Waals surface area contributed by atoms with Crippen molar-refractivity contribution in [3.8, 4) is 22.0 Å². The van der Waals surface area contributed by atoms with Crippen LogP contribution in [0.3, 0.4) is 0 Å². The summed E-state index contributed by atoms with van der Waals surface area (Å²) in [6.45, 7) is 1.84. The van der Waals surface area contributed by atoms with Crippen molar-refractivity contribution in [3.05, 3.63) is 53.3 Å². The average Bonchev–Trinajstić information content (AvgIpc) is 2.97. The number of nitrogens with zero attached hydrogens (tertiary/aromatic N) is 3. The summed E-state index contributed by atoms with van der Waals surface area (Å²) in [5.74, 6) is -0.230. The van der Waals surface area contributed by atoms with Gasteiger partial charge in [0.15, 0.2) is 0 Å². The third-order valence-corrected chi connectivity index (χ3v) is 3.79. The normalized spacial score (nSPS) is 10.5. The van der Waals surface area contributed by atoms with Gasteiger partial charge in [0.25, 0.3) is 0 Å². The fourth-order valence-corrected chi connectivity index (χ4v) is 2.68. The minimum Gasteiger partial charge on any atom is -0.478 e. The molecule has 1 aromatic carbocycles. The van der Waals surface area contributed by atoms with Gasteiger partial charge < -0.3 is 5.11 Å². The summed E-state index contributed by atoms with van der Waals surface area (Å²) in [5.41, 5.74) is 2.75. The van der Waals surface area contributed by atoms with Crippen molar-refractivity contribution in [2.45, 2.75) is 6.92 Å². The maximum Gasteiger partial charge on any atom is 0.335 e. The Morgan fingerprint density at radius 2 is 1.86 bits per heavy atom. The van der Waals surface area contributed by atoms with E-state index in [1.807, 2.05) is 18.4 Å². The van der Waals surface area contributed by atoms with Gasteiger partial charge in [0.05, 0.1) is 11.3 Å². The zero-order valence-corrected chi connectivity index (χ0v) is 12.0. The van der Waals surface area contributed by atoms with E-state index >= 15 is 0 Å². The average molecular weight is 297 g/mol. The second-order valence-electron chi connectivity index (χ2n) is 4.41. The molecule has 0 saturated carbocycles. The van der Waals surface area contributed by atoms with E-state index in [4.69, 9.17) is 5.11 Å². The van der Waals surface area contributed by atoms with Crippen LogP contribution < -0.4 is 0 Å². The standard InChI is InChI=1S/C15H11N3O2S/c1-9-16-7-6-12(17-9)14-18-13(8-21-14)10-2-4-11(5-3-10)15(19)20/h2-8H,1H3,(H,19,20). The van der Waals surface area contributed by atoms with Crippen molar-refractivity contribution in [2.75, 3.05) is 0 Å². The molecule has 0 amide bonds. The van der Waals surface area contributed by atoms with Crippen molar-refractivity contribution in [1.29, 1.82) is 0 Å². The summed E-state index contributed by atoms with van der Waals surface area (Å²) in [5, 5.41) is 11.6. The van der Waals surface area contributed by atoms with Gasteiger partial charge in [-0.3, -0.25) is 0 Å². The zero-order chi connectivity index (χ0) is 14.8. The number of thiazole rings is 1. The van der Waals surface area contributed by atoms with E-state index in [-0.39, 0.29) is 5.56 Å². The molecule has 104 valence electrons. The van der Waals surface area contributed by atoms with E-state index in [2.05, 4.69) is 15.0 Å². The third kappa shape index (κ3) is 2.80. The van der Waals surface area contributed by atoms with Crippen LogP contribution in [0.4, 0.5) is 0 Å². The molecule has 0 aliphatic carbocycles. The molecular formula is C15H11N3O2S. The van der Waals surface area contributed by atoms with Crippen molar-refractivity contribution < 1.29 is 9.90 Å². The number of rotatable bonds is 3. The number of carboxylic acids is 1. The molecule has 2 heterocycles. The van der Waals surface area contributed by atoms with Crippen LogP contribution in [0.25, 0.3) is 22.0 Å². The molecule has 3 rings (SSSR count). The number of aryl methyl sites for hydroxylation is 1. The quantitative estimate of drug-likeness (QED) is 0.803. The SMILES string of the molecule is Cc1nccc(-c2nc(-c3ccc(C(=O)O)cc3)cs2)n1. The number of aromatic nitrogens is 3. The number of carboxylic acid groups (broad SMARTS) is 1. The Bertz CT molecular complexity index is 797. The van der Waals surface area contributed by atoms with Crippen LogP contribution in [-0.2, 0) is 0 Å². The summed E-state index contributed by atoms with van der Waals surface area (Å²) in [6.07, 6.45) is 1.71. The van der Waals surface area contributed by atoms with Crippen molar-refractivity contribution in [2.24, 2.45) is 0 Å². The van der Waals surface area contributed by atoms with Crippen molar-refractivity contribution >= 4 is 17.3 Å². The molecule has 2 aromatic heterocycles. The number of hydrogen-bond acceptors (Lipinski definition) is 5. The highest BCUT2D eigenvalue weighted by Crippen LogP contribution is 2.27. The molecule has 0 aliphatic heterocycles. The van der Waals surface area contributed by atoms with Gasteiger partial charge in [0.2, 0.25) is 0 Å². The van der Waals surface area contributed by atoms with Crippen molar-refractivity contribution in [3.63, 3.8) is 0 Å². The van der Waals surface area contributed by atoms with Crippen LogP contribution in [0.2, 0.25) is 0 Å². The lowest BCUT2D eigenvalue weighted by Crippen LogP contribution is -1.95. The van der Waals surface area contributed by atoms with Crippen LogP contribution in [0.1, 0.15) is 16.2 Å². The first kappa shape index (κ1) is 13.4. The fraction of sp³-hybridized carbons (Fsp3) is 0.0667. The summed E-state index contributed by atoms with van der Waals surface area (Å²) >= 11 is 1.50.